The van der Waals surface area contributed by atoms with E-state index in [0.29, 0.717) is 5.41 Å². The first-order chi connectivity index (χ1) is 8.56. The smallest absolute Gasteiger partial charge is 0.000538 e. The van der Waals surface area contributed by atoms with E-state index in [9.17, 15) is 0 Å². The average Bonchev–Trinajstić information content (AvgIpc) is 2.79. The Morgan fingerprint density at radius 1 is 1.33 bits per heavy atom. The molecule has 0 aliphatic heterocycles. The van der Waals surface area contributed by atoms with Gasteiger partial charge in [0.25, 0.3) is 0 Å². The minimum atomic E-state index is 0.450. The lowest BCUT2D eigenvalue weighted by atomic mass is 9.80. The third-order valence-electron chi connectivity index (χ3n) is 3.56. The highest BCUT2D eigenvalue weighted by Gasteiger charge is 2.22. The van der Waals surface area contributed by atoms with Crippen LogP contribution in [0.5, 0.6) is 0 Å². The Balaban J connectivity index is 2.40. The van der Waals surface area contributed by atoms with E-state index in [2.05, 4.69) is 49.8 Å². The lowest BCUT2D eigenvalue weighted by Gasteiger charge is -2.30. The quantitative estimate of drug-likeness (QED) is 0.682. The predicted octanol–water partition coefficient (Wildman–Crippen LogP) is 4.73. The van der Waals surface area contributed by atoms with Crippen molar-refractivity contribution >= 4 is 11.3 Å². The second-order valence-corrected chi connectivity index (χ2v) is 7.00. The number of hydrogen-bond donors (Lipinski definition) is 1. The van der Waals surface area contributed by atoms with Crippen molar-refractivity contribution in [3.63, 3.8) is 0 Å². The Morgan fingerprint density at radius 2 is 2.11 bits per heavy atom. The van der Waals surface area contributed by atoms with Crippen LogP contribution in [0.2, 0.25) is 0 Å². The van der Waals surface area contributed by atoms with Crippen molar-refractivity contribution in [3.8, 4) is 0 Å². The maximum absolute atomic E-state index is 3.64. The second-order valence-electron chi connectivity index (χ2n) is 6.22. The summed E-state index contributed by atoms with van der Waals surface area (Å²) in [6.07, 6.45) is 5.12. The molecule has 0 fully saturated rings. The molecule has 1 heterocycles. The molecule has 0 bridgehead atoms. The van der Waals surface area contributed by atoms with Crippen molar-refractivity contribution in [2.45, 2.75) is 53.4 Å². The van der Waals surface area contributed by atoms with Gasteiger partial charge in [-0.25, -0.2) is 0 Å². The minimum Gasteiger partial charge on any atom is -0.316 e. The van der Waals surface area contributed by atoms with Crippen LogP contribution in [0.4, 0.5) is 0 Å². The normalized spacial score (nSPS) is 14.9. The Hall–Kier alpha value is -0.340. The van der Waals surface area contributed by atoms with E-state index in [0.717, 1.165) is 19.0 Å². The summed E-state index contributed by atoms with van der Waals surface area (Å²) in [5.41, 5.74) is 1.96. The largest absolute Gasteiger partial charge is 0.316 e. The van der Waals surface area contributed by atoms with E-state index in [1.807, 2.05) is 11.3 Å². The first kappa shape index (κ1) is 15.7. The fraction of sp³-hybridized carbons (Fsp3) is 0.750. The molecule has 0 saturated heterocycles. The van der Waals surface area contributed by atoms with Gasteiger partial charge in [-0.3, -0.25) is 0 Å². The van der Waals surface area contributed by atoms with Gasteiger partial charge in [0.15, 0.2) is 0 Å². The fourth-order valence-corrected chi connectivity index (χ4v) is 3.15. The third kappa shape index (κ3) is 6.01. The van der Waals surface area contributed by atoms with Crippen LogP contribution in [0.3, 0.4) is 0 Å². The van der Waals surface area contributed by atoms with E-state index < -0.39 is 0 Å². The topological polar surface area (TPSA) is 12.0 Å². The van der Waals surface area contributed by atoms with E-state index in [1.54, 1.807) is 0 Å². The molecule has 1 rings (SSSR count). The molecule has 0 saturated carbocycles. The number of aryl methyl sites for hydroxylation is 1. The lowest BCUT2D eigenvalue weighted by molar-refractivity contribution is 0.252. The standard InChI is InChI=1S/C16H29NS/c1-5-8-16(4,13-17-11-14(2)3)9-6-15-7-10-18-12-15/h7,10,12,14,17H,5-6,8-9,11,13H2,1-4H3. The molecular weight excluding hydrogens is 238 g/mol. The van der Waals surface area contributed by atoms with Crippen LogP contribution in [-0.2, 0) is 6.42 Å². The molecule has 1 aromatic heterocycles. The zero-order chi connectivity index (χ0) is 13.4. The van der Waals surface area contributed by atoms with Crippen LogP contribution in [0.25, 0.3) is 0 Å². The predicted molar refractivity (Wildman–Crippen MR) is 83.4 cm³/mol. The summed E-state index contributed by atoms with van der Waals surface area (Å²) in [5, 5.41) is 8.11. The van der Waals surface area contributed by atoms with Crippen molar-refractivity contribution < 1.29 is 0 Å². The van der Waals surface area contributed by atoms with Gasteiger partial charge >= 0.3 is 0 Å². The van der Waals surface area contributed by atoms with Crippen molar-refractivity contribution in [2.24, 2.45) is 11.3 Å². The lowest BCUT2D eigenvalue weighted by Crippen LogP contribution is -2.34. The van der Waals surface area contributed by atoms with Crippen molar-refractivity contribution in [3.05, 3.63) is 22.4 Å². The molecule has 0 aliphatic rings. The Bertz CT molecular complexity index is 305. The van der Waals surface area contributed by atoms with Gasteiger partial charge in [-0.05, 0) is 59.5 Å². The highest BCUT2D eigenvalue weighted by atomic mass is 32.1. The van der Waals surface area contributed by atoms with Crippen molar-refractivity contribution in [1.82, 2.24) is 5.32 Å². The maximum atomic E-state index is 3.64. The van der Waals surface area contributed by atoms with Gasteiger partial charge in [-0.1, -0.05) is 34.1 Å². The SMILES string of the molecule is CCCC(C)(CCc1ccsc1)CNCC(C)C. The zero-order valence-corrected chi connectivity index (χ0v) is 13.3. The minimum absolute atomic E-state index is 0.450. The summed E-state index contributed by atoms with van der Waals surface area (Å²) in [7, 11) is 0. The fourth-order valence-electron chi connectivity index (χ4n) is 2.45. The van der Waals surface area contributed by atoms with Crippen LogP contribution in [-0.4, -0.2) is 13.1 Å². The molecule has 1 nitrogen and oxygen atoms in total. The number of nitrogens with one attached hydrogen (secondary N) is 1. The number of hydrogen-bond acceptors (Lipinski definition) is 2. The monoisotopic (exact) mass is 267 g/mol. The van der Waals surface area contributed by atoms with Gasteiger partial charge in [-0.15, -0.1) is 0 Å². The zero-order valence-electron chi connectivity index (χ0n) is 12.5. The van der Waals surface area contributed by atoms with Gasteiger partial charge in [-0.2, -0.15) is 11.3 Å². The Kier molecular flexibility index (Phi) is 6.95. The molecular formula is C16H29NS. The molecule has 1 unspecified atom stereocenters. The first-order valence-corrected chi connectivity index (χ1v) is 8.22. The molecule has 1 N–H and O–H groups in total. The van der Waals surface area contributed by atoms with Crippen LogP contribution in [0.15, 0.2) is 16.8 Å². The van der Waals surface area contributed by atoms with Gasteiger partial charge in [0.1, 0.15) is 0 Å². The molecule has 2 heteroatoms. The summed E-state index contributed by atoms with van der Waals surface area (Å²) in [4.78, 5) is 0. The molecule has 18 heavy (non-hydrogen) atoms. The Morgan fingerprint density at radius 3 is 2.67 bits per heavy atom. The van der Waals surface area contributed by atoms with Crippen molar-refractivity contribution in [2.75, 3.05) is 13.1 Å². The molecule has 0 amide bonds. The van der Waals surface area contributed by atoms with Gasteiger partial charge in [0, 0.05) is 6.54 Å². The molecule has 0 spiro atoms. The summed E-state index contributed by atoms with van der Waals surface area (Å²) in [6, 6.07) is 2.26. The number of thiophene rings is 1. The summed E-state index contributed by atoms with van der Waals surface area (Å²) in [5.74, 6) is 0.743. The van der Waals surface area contributed by atoms with E-state index in [4.69, 9.17) is 0 Å². The molecule has 0 aromatic carbocycles. The summed E-state index contributed by atoms with van der Waals surface area (Å²) >= 11 is 1.81. The second kappa shape index (κ2) is 7.96. The van der Waals surface area contributed by atoms with Crippen LogP contribution in [0.1, 0.15) is 52.5 Å². The van der Waals surface area contributed by atoms with Gasteiger partial charge < -0.3 is 5.32 Å². The van der Waals surface area contributed by atoms with E-state index in [1.165, 1.54) is 31.2 Å². The first-order valence-electron chi connectivity index (χ1n) is 7.27. The van der Waals surface area contributed by atoms with Crippen LogP contribution in [0, 0.1) is 11.3 Å². The summed E-state index contributed by atoms with van der Waals surface area (Å²) in [6.45, 7) is 11.6. The molecule has 1 aromatic rings. The third-order valence-corrected chi connectivity index (χ3v) is 4.29. The van der Waals surface area contributed by atoms with Gasteiger partial charge in [0.05, 0.1) is 0 Å². The molecule has 104 valence electrons. The van der Waals surface area contributed by atoms with E-state index in [-0.39, 0.29) is 0 Å². The molecule has 0 aliphatic carbocycles. The molecule has 0 radical (unpaired) electrons. The van der Waals surface area contributed by atoms with E-state index >= 15 is 0 Å². The van der Waals surface area contributed by atoms with Crippen molar-refractivity contribution in [1.29, 1.82) is 0 Å². The number of rotatable bonds is 9. The highest BCUT2D eigenvalue weighted by Crippen LogP contribution is 2.29. The average molecular weight is 267 g/mol. The van der Waals surface area contributed by atoms with Crippen LogP contribution < -0.4 is 5.32 Å². The summed E-state index contributed by atoms with van der Waals surface area (Å²) < 4.78 is 0. The Labute approximate surface area is 117 Å². The van der Waals surface area contributed by atoms with Crippen LogP contribution >= 0.6 is 11.3 Å². The maximum Gasteiger partial charge on any atom is 0.000538 e. The highest BCUT2D eigenvalue weighted by molar-refractivity contribution is 7.07. The molecule has 1 atom stereocenters. The van der Waals surface area contributed by atoms with Gasteiger partial charge in [0.2, 0.25) is 0 Å².